The highest BCUT2D eigenvalue weighted by atomic mass is 16.5. The molecule has 0 amide bonds. The first-order valence-electron chi connectivity index (χ1n) is 9.25. The van der Waals surface area contributed by atoms with Gasteiger partial charge in [-0.25, -0.2) is 14.5 Å². The molecule has 0 aromatic carbocycles. The number of imidazole rings is 1. The molecule has 0 aliphatic carbocycles. The van der Waals surface area contributed by atoms with E-state index in [-0.39, 0.29) is 0 Å². The maximum Gasteiger partial charge on any atom is 0.158 e. The average Bonchev–Trinajstić information content (AvgIpc) is 3.39. The summed E-state index contributed by atoms with van der Waals surface area (Å²) >= 11 is 0. The van der Waals surface area contributed by atoms with Crippen LogP contribution in [-0.2, 0) is 24.1 Å². The van der Waals surface area contributed by atoms with Crippen molar-refractivity contribution in [2.24, 2.45) is 0 Å². The van der Waals surface area contributed by atoms with Crippen molar-refractivity contribution in [3.8, 4) is 0 Å². The Morgan fingerprint density at radius 3 is 3.08 bits per heavy atom. The normalized spacial score (nSPS) is 20.1. The molecule has 8 nitrogen and oxygen atoms in total. The molecule has 3 aromatic rings. The topological polar surface area (TPSA) is 81.6 Å². The molecule has 5 rings (SSSR count). The van der Waals surface area contributed by atoms with Gasteiger partial charge in [0.15, 0.2) is 5.82 Å². The summed E-state index contributed by atoms with van der Waals surface area (Å²) in [7, 11) is 0. The molecule has 0 bridgehead atoms. The molecular weight excluding hydrogens is 332 g/mol. The standard InChI is InChI=1S/C18H22N6O2/c1-3-14-13-8-23(6-4-15(13)26-22-14)18-17-16(12-5-7-25-9-12)21-11(2)24(17)20-10-19-18/h10,12H,3-9H2,1-2H3/t12-/m1/s1. The van der Waals surface area contributed by atoms with Gasteiger partial charge < -0.3 is 14.2 Å². The smallest absolute Gasteiger partial charge is 0.158 e. The molecule has 0 N–H and O–H groups in total. The number of anilines is 1. The van der Waals surface area contributed by atoms with Gasteiger partial charge in [-0.15, -0.1) is 0 Å². The Morgan fingerprint density at radius 1 is 1.35 bits per heavy atom. The lowest BCUT2D eigenvalue weighted by Crippen LogP contribution is -2.31. The molecule has 136 valence electrons. The zero-order chi connectivity index (χ0) is 17.7. The molecule has 2 aliphatic heterocycles. The quantitative estimate of drug-likeness (QED) is 0.712. The second-order valence-corrected chi connectivity index (χ2v) is 7.00. The molecule has 8 heteroatoms. The summed E-state index contributed by atoms with van der Waals surface area (Å²) in [5.41, 5.74) is 4.32. The van der Waals surface area contributed by atoms with Crippen molar-refractivity contribution in [3.05, 3.63) is 34.9 Å². The Bertz CT molecular complexity index is 943. The van der Waals surface area contributed by atoms with Gasteiger partial charge in [0.05, 0.1) is 18.0 Å². The predicted octanol–water partition coefficient (Wildman–Crippen LogP) is 2.05. The van der Waals surface area contributed by atoms with Gasteiger partial charge in [-0.1, -0.05) is 12.1 Å². The van der Waals surface area contributed by atoms with Crippen molar-refractivity contribution >= 4 is 11.3 Å². The van der Waals surface area contributed by atoms with Gasteiger partial charge in [-0.2, -0.15) is 5.10 Å². The van der Waals surface area contributed by atoms with E-state index in [0.29, 0.717) is 5.92 Å². The van der Waals surface area contributed by atoms with Crippen LogP contribution < -0.4 is 4.90 Å². The third-order valence-corrected chi connectivity index (χ3v) is 5.46. The van der Waals surface area contributed by atoms with E-state index < -0.39 is 0 Å². The SMILES string of the molecule is CCc1noc2c1CN(c1ncnn3c(C)nc([C@@H]4CCOC4)c13)CC2. The third kappa shape index (κ3) is 2.32. The summed E-state index contributed by atoms with van der Waals surface area (Å²) in [6.45, 7) is 7.23. The molecule has 2 aliphatic rings. The van der Waals surface area contributed by atoms with E-state index in [4.69, 9.17) is 14.2 Å². The van der Waals surface area contributed by atoms with Crippen LogP contribution in [0.3, 0.4) is 0 Å². The van der Waals surface area contributed by atoms with Crippen LogP contribution in [-0.4, -0.2) is 44.5 Å². The van der Waals surface area contributed by atoms with Gasteiger partial charge in [0.2, 0.25) is 0 Å². The molecule has 3 aromatic heterocycles. The Morgan fingerprint density at radius 2 is 2.27 bits per heavy atom. The minimum atomic E-state index is 0.311. The van der Waals surface area contributed by atoms with Gasteiger partial charge >= 0.3 is 0 Å². The summed E-state index contributed by atoms with van der Waals surface area (Å²) in [6, 6.07) is 0. The summed E-state index contributed by atoms with van der Waals surface area (Å²) in [4.78, 5) is 11.8. The van der Waals surface area contributed by atoms with E-state index in [1.54, 1.807) is 6.33 Å². The molecule has 0 radical (unpaired) electrons. The van der Waals surface area contributed by atoms with Crippen LogP contribution >= 0.6 is 0 Å². The van der Waals surface area contributed by atoms with E-state index in [1.807, 2.05) is 11.4 Å². The zero-order valence-corrected chi connectivity index (χ0v) is 15.1. The Kier molecular flexibility index (Phi) is 3.66. The van der Waals surface area contributed by atoms with E-state index in [9.17, 15) is 0 Å². The number of aromatic nitrogens is 5. The van der Waals surface area contributed by atoms with E-state index in [0.717, 1.165) is 79.9 Å². The number of hydrogen-bond donors (Lipinski definition) is 0. The predicted molar refractivity (Wildman–Crippen MR) is 94.3 cm³/mol. The highest BCUT2D eigenvalue weighted by Crippen LogP contribution is 2.34. The van der Waals surface area contributed by atoms with Crippen LogP contribution in [0.2, 0.25) is 0 Å². The average molecular weight is 354 g/mol. The van der Waals surface area contributed by atoms with Crippen molar-refractivity contribution in [1.29, 1.82) is 0 Å². The lowest BCUT2D eigenvalue weighted by Gasteiger charge is -2.28. The number of aryl methyl sites for hydroxylation is 2. The fourth-order valence-electron chi connectivity index (χ4n) is 4.08. The molecule has 26 heavy (non-hydrogen) atoms. The van der Waals surface area contributed by atoms with Gasteiger partial charge in [0.1, 0.15) is 23.4 Å². The van der Waals surface area contributed by atoms with Crippen molar-refractivity contribution in [2.75, 3.05) is 24.7 Å². The van der Waals surface area contributed by atoms with Gasteiger partial charge in [0, 0.05) is 37.6 Å². The fraction of sp³-hybridized carbons (Fsp3) is 0.556. The van der Waals surface area contributed by atoms with Crippen molar-refractivity contribution in [1.82, 2.24) is 24.7 Å². The van der Waals surface area contributed by atoms with Crippen LogP contribution in [0.25, 0.3) is 5.52 Å². The first-order chi connectivity index (χ1) is 12.8. The van der Waals surface area contributed by atoms with E-state index in [2.05, 4.69) is 27.1 Å². The number of fused-ring (bicyclic) bond motifs is 2. The van der Waals surface area contributed by atoms with Crippen LogP contribution in [0, 0.1) is 6.92 Å². The number of nitrogens with zero attached hydrogens (tertiary/aromatic N) is 6. The maximum absolute atomic E-state index is 5.60. The largest absolute Gasteiger partial charge is 0.381 e. The Balaban J connectivity index is 1.61. The van der Waals surface area contributed by atoms with Crippen LogP contribution in [0.5, 0.6) is 0 Å². The fourth-order valence-corrected chi connectivity index (χ4v) is 4.08. The molecule has 1 saturated heterocycles. The number of ether oxygens (including phenoxy) is 1. The summed E-state index contributed by atoms with van der Waals surface area (Å²) < 4.78 is 13.0. The zero-order valence-electron chi connectivity index (χ0n) is 15.1. The lowest BCUT2D eigenvalue weighted by atomic mass is 10.0. The van der Waals surface area contributed by atoms with Crippen molar-refractivity contribution in [3.63, 3.8) is 0 Å². The summed E-state index contributed by atoms with van der Waals surface area (Å²) in [6.07, 6.45) is 4.34. The minimum absolute atomic E-state index is 0.311. The monoisotopic (exact) mass is 354 g/mol. The highest BCUT2D eigenvalue weighted by Gasteiger charge is 2.30. The van der Waals surface area contributed by atoms with Gasteiger partial charge in [0.25, 0.3) is 0 Å². The highest BCUT2D eigenvalue weighted by molar-refractivity contribution is 5.73. The van der Waals surface area contributed by atoms with Crippen LogP contribution in [0.1, 0.15) is 47.8 Å². The van der Waals surface area contributed by atoms with Crippen LogP contribution in [0.15, 0.2) is 10.9 Å². The Hall–Kier alpha value is -2.48. The molecule has 1 fully saturated rings. The second kappa shape index (κ2) is 6.05. The van der Waals surface area contributed by atoms with Gasteiger partial charge in [-0.3, -0.25) is 0 Å². The lowest BCUT2D eigenvalue weighted by molar-refractivity contribution is 0.193. The first-order valence-corrected chi connectivity index (χ1v) is 9.25. The first kappa shape index (κ1) is 15.7. The molecular formula is C18H22N6O2. The number of hydrogen-bond acceptors (Lipinski definition) is 7. The third-order valence-electron chi connectivity index (χ3n) is 5.46. The van der Waals surface area contributed by atoms with E-state index in [1.165, 1.54) is 5.56 Å². The second-order valence-electron chi connectivity index (χ2n) is 7.00. The minimum Gasteiger partial charge on any atom is -0.381 e. The van der Waals surface area contributed by atoms with E-state index >= 15 is 0 Å². The Labute approximate surface area is 151 Å². The van der Waals surface area contributed by atoms with Crippen molar-refractivity contribution in [2.45, 2.75) is 45.6 Å². The molecule has 0 unspecified atom stereocenters. The molecule has 5 heterocycles. The summed E-state index contributed by atoms with van der Waals surface area (Å²) in [5, 5.41) is 8.66. The number of rotatable bonds is 3. The van der Waals surface area contributed by atoms with Crippen LogP contribution in [0.4, 0.5) is 5.82 Å². The molecule has 1 atom stereocenters. The van der Waals surface area contributed by atoms with Gasteiger partial charge in [-0.05, 0) is 19.8 Å². The molecule has 0 spiro atoms. The van der Waals surface area contributed by atoms with Crippen molar-refractivity contribution < 1.29 is 9.26 Å². The maximum atomic E-state index is 5.60. The summed E-state index contributed by atoms with van der Waals surface area (Å²) in [5.74, 6) is 3.15. The molecule has 0 saturated carbocycles.